The van der Waals surface area contributed by atoms with Crippen molar-refractivity contribution in [3.8, 4) is 0 Å². The highest BCUT2D eigenvalue weighted by molar-refractivity contribution is 6.36. The van der Waals surface area contributed by atoms with E-state index in [1.165, 1.54) is 17.3 Å². The van der Waals surface area contributed by atoms with Gasteiger partial charge in [-0.3, -0.25) is 4.79 Å². The quantitative estimate of drug-likeness (QED) is 0.918. The lowest BCUT2D eigenvalue weighted by molar-refractivity contribution is -0.124. The van der Waals surface area contributed by atoms with Gasteiger partial charge in [-0.2, -0.15) is 5.10 Å². The van der Waals surface area contributed by atoms with Gasteiger partial charge < -0.3 is 5.32 Å². The molecule has 0 unspecified atom stereocenters. The zero-order valence-electron chi connectivity index (χ0n) is 11.8. The minimum absolute atomic E-state index is 0.0121. The Morgan fingerprint density at radius 3 is 2.57 bits per heavy atom. The van der Waals surface area contributed by atoms with Gasteiger partial charge in [0.2, 0.25) is 5.91 Å². The maximum Gasteiger partial charge on any atom is 0.244 e. The molecule has 0 aliphatic rings. The van der Waals surface area contributed by atoms with Crippen molar-refractivity contribution < 1.29 is 4.79 Å². The van der Waals surface area contributed by atoms with E-state index in [9.17, 15) is 4.79 Å². The number of rotatable bonds is 5. The maximum absolute atomic E-state index is 12.1. The van der Waals surface area contributed by atoms with E-state index in [-0.39, 0.29) is 11.8 Å². The highest BCUT2D eigenvalue weighted by atomic mass is 35.5. The standard InChI is InChI=1S/C14H16Cl2N4O/c1-9(13-11(15)4-3-5-12(13)16)6-18-14(21)10(2)20-8-17-7-19-20/h3-5,7-10H,6H2,1-2H3,(H,18,21)/t9-,10-/m1/s1. The normalized spacial score (nSPS) is 13.7. The van der Waals surface area contributed by atoms with Crippen LogP contribution in [-0.4, -0.2) is 27.2 Å². The molecule has 2 atom stereocenters. The van der Waals surface area contributed by atoms with Gasteiger partial charge in [0.05, 0.1) is 0 Å². The number of aromatic nitrogens is 3. The number of hydrogen-bond acceptors (Lipinski definition) is 3. The van der Waals surface area contributed by atoms with E-state index < -0.39 is 6.04 Å². The summed E-state index contributed by atoms with van der Waals surface area (Å²) in [7, 11) is 0. The van der Waals surface area contributed by atoms with Crippen LogP contribution in [-0.2, 0) is 4.79 Å². The molecule has 1 heterocycles. The van der Waals surface area contributed by atoms with Gasteiger partial charge in [-0.15, -0.1) is 0 Å². The van der Waals surface area contributed by atoms with Crippen LogP contribution in [0.3, 0.4) is 0 Å². The topological polar surface area (TPSA) is 59.8 Å². The highest BCUT2D eigenvalue weighted by Crippen LogP contribution is 2.30. The van der Waals surface area contributed by atoms with Gasteiger partial charge in [0.25, 0.3) is 0 Å². The number of halogens is 2. The average Bonchev–Trinajstić information content (AvgIpc) is 2.97. The molecule has 0 aliphatic carbocycles. The molecule has 1 amide bonds. The first kappa shape index (κ1) is 15.8. The Labute approximate surface area is 133 Å². The van der Waals surface area contributed by atoms with Crippen molar-refractivity contribution in [3.63, 3.8) is 0 Å². The fourth-order valence-corrected chi connectivity index (χ4v) is 2.79. The highest BCUT2D eigenvalue weighted by Gasteiger charge is 2.18. The molecule has 112 valence electrons. The Balaban J connectivity index is 1.98. The predicted octanol–water partition coefficient (Wildman–Crippen LogP) is 3.07. The van der Waals surface area contributed by atoms with Crippen LogP contribution in [0.4, 0.5) is 0 Å². The van der Waals surface area contributed by atoms with Crippen LogP contribution >= 0.6 is 23.2 Å². The lowest BCUT2D eigenvalue weighted by Crippen LogP contribution is -2.33. The fourth-order valence-electron chi connectivity index (χ4n) is 2.02. The molecule has 0 bridgehead atoms. The van der Waals surface area contributed by atoms with Gasteiger partial charge in [0.1, 0.15) is 18.7 Å². The number of carbonyl (C=O) groups excluding carboxylic acids is 1. The van der Waals surface area contributed by atoms with Crippen LogP contribution in [0.15, 0.2) is 30.9 Å². The second-order valence-corrected chi connectivity index (χ2v) is 5.65. The van der Waals surface area contributed by atoms with Gasteiger partial charge in [-0.25, -0.2) is 9.67 Å². The van der Waals surface area contributed by atoms with Crippen LogP contribution in [0.2, 0.25) is 10.0 Å². The zero-order chi connectivity index (χ0) is 15.4. The summed E-state index contributed by atoms with van der Waals surface area (Å²) >= 11 is 12.3. The molecule has 2 aromatic rings. The second kappa shape index (κ2) is 6.91. The molecule has 1 aromatic heterocycles. The van der Waals surface area contributed by atoms with Crippen molar-refractivity contribution in [3.05, 3.63) is 46.5 Å². The van der Waals surface area contributed by atoms with Gasteiger partial charge >= 0.3 is 0 Å². The van der Waals surface area contributed by atoms with E-state index in [0.29, 0.717) is 16.6 Å². The molecule has 0 radical (unpaired) electrons. The van der Waals surface area contributed by atoms with Crippen molar-refractivity contribution in [1.82, 2.24) is 20.1 Å². The van der Waals surface area contributed by atoms with Crippen LogP contribution in [0.25, 0.3) is 0 Å². The molecule has 7 heteroatoms. The third-order valence-electron chi connectivity index (χ3n) is 3.29. The first-order chi connectivity index (χ1) is 10.0. The molecule has 0 fully saturated rings. The molecular weight excluding hydrogens is 311 g/mol. The Kier molecular flexibility index (Phi) is 5.20. The number of hydrogen-bond donors (Lipinski definition) is 1. The first-order valence-corrected chi connectivity index (χ1v) is 7.32. The number of nitrogens with zero attached hydrogens (tertiary/aromatic N) is 3. The molecule has 5 nitrogen and oxygen atoms in total. The van der Waals surface area contributed by atoms with Gasteiger partial charge in [0, 0.05) is 22.5 Å². The summed E-state index contributed by atoms with van der Waals surface area (Å²) in [5.74, 6) is -0.117. The Morgan fingerprint density at radius 1 is 1.33 bits per heavy atom. The maximum atomic E-state index is 12.1. The summed E-state index contributed by atoms with van der Waals surface area (Å²) < 4.78 is 1.50. The fraction of sp³-hybridized carbons (Fsp3) is 0.357. The minimum atomic E-state index is -0.415. The Hall–Kier alpha value is -1.59. The van der Waals surface area contributed by atoms with Gasteiger partial charge in [-0.1, -0.05) is 36.2 Å². The van der Waals surface area contributed by atoms with Crippen molar-refractivity contribution >= 4 is 29.1 Å². The van der Waals surface area contributed by atoms with E-state index in [4.69, 9.17) is 23.2 Å². The summed E-state index contributed by atoms with van der Waals surface area (Å²) in [4.78, 5) is 15.9. The van der Waals surface area contributed by atoms with E-state index >= 15 is 0 Å². The van der Waals surface area contributed by atoms with E-state index in [0.717, 1.165) is 5.56 Å². The molecule has 2 rings (SSSR count). The Morgan fingerprint density at radius 2 is 2.00 bits per heavy atom. The number of amides is 1. The third-order valence-corrected chi connectivity index (χ3v) is 3.95. The lowest BCUT2D eigenvalue weighted by Gasteiger charge is -2.18. The van der Waals surface area contributed by atoms with Crippen molar-refractivity contribution in [2.45, 2.75) is 25.8 Å². The summed E-state index contributed by atoms with van der Waals surface area (Å²) in [6.45, 7) is 4.17. The molecule has 0 saturated heterocycles. The average molecular weight is 327 g/mol. The molecule has 0 aliphatic heterocycles. The minimum Gasteiger partial charge on any atom is -0.354 e. The van der Waals surface area contributed by atoms with Crippen LogP contribution in [0.5, 0.6) is 0 Å². The zero-order valence-corrected chi connectivity index (χ0v) is 13.3. The smallest absolute Gasteiger partial charge is 0.244 e. The van der Waals surface area contributed by atoms with Crippen molar-refractivity contribution in [2.24, 2.45) is 0 Å². The summed E-state index contributed by atoms with van der Waals surface area (Å²) in [6.07, 6.45) is 2.91. The third kappa shape index (κ3) is 3.74. The number of carbonyl (C=O) groups is 1. The molecular formula is C14H16Cl2N4O. The van der Waals surface area contributed by atoms with Gasteiger partial charge in [-0.05, 0) is 24.6 Å². The van der Waals surface area contributed by atoms with Crippen molar-refractivity contribution in [2.75, 3.05) is 6.54 Å². The van der Waals surface area contributed by atoms with Crippen LogP contribution in [0.1, 0.15) is 31.4 Å². The predicted molar refractivity (Wildman–Crippen MR) is 82.6 cm³/mol. The van der Waals surface area contributed by atoms with Crippen LogP contribution < -0.4 is 5.32 Å². The summed E-state index contributed by atoms with van der Waals surface area (Å²) in [5.41, 5.74) is 0.842. The monoisotopic (exact) mass is 326 g/mol. The largest absolute Gasteiger partial charge is 0.354 e. The molecule has 1 aromatic carbocycles. The summed E-state index contributed by atoms with van der Waals surface area (Å²) in [6, 6.07) is 4.96. The van der Waals surface area contributed by atoms with Crippen LogP contribution in [0, 0.1) is 0 Å². The van der Waals surface area contributed by atoms with E-state index in [2.05, 4.69) is 15.4 Å². The first-order valence-electron chi connectivity index (χ1n) is 6.56. The number of nitrogens with one attached hydrogen (secondary N) is 1. The van der Waals surface area contributed by atoms with E-state index in [1.807, 2.05) is 6.92 Å². The molecule has 0 saturated carbocycles. The molecule has 1 N–H and O–H groups in total. The second-order valence-electron chi connectivity index (χ2n) is 4.83. The molecule has 0 spiro atoms. The van der Waals surface area contributed by atoms with Crippen molar-refractivity contribution in [1.29, 1.82) is 0 Å². The number of benzene rings is 1. The van der Waals surface area contributed by atoms with Gasteiger partial charge in [0.15, 0.2) is 0 Å². The molecule has 21 heavy (non-hydrogen) atoms. The lowest BCUT2D eigenvalue weighted by atomic mass is 10.0. The van der Waals surface area contributed by atoms with E-state index in [1.54, 1.807) is 25.1 Å². The summed E-state index contributed by atoms with van der Waals surface area (Å²) in [5, 5.41) is 8.04. The SMILES string of the molecule is C[C@H](CNC(=O)[C@@H](C)n1cncn1)c1c(Cl)cccc1Cl. The Bertz CT molecular complexity index is 595.